The summed E-state index contributed by atoms with van der Waals surface area (Å²) in [6, 6.07) is 8.88. The summed E-state index contributed by atoms with van der Waals surface area (Å²) in [4.78, 5) is 26.2. The summed E-state index contributed by atoms with van der Waals surface area (Å²) in [5.41, 5.74) is 1.68. The summed E-state index contributed by atoms with van der Waals surface area (Å²) >= 11 is 9.23. The fraction of sp³-hybridized carbons (Fsp3) is 0.350. The molecule has 5 nitrogen and oxygen atoms in total. The molecule has 3 rings (SSSR count). The molecule has 7 heteroatoms. The summed E-state index contributed by atoms with van der Waals surface area (Å²) in [6.45, 7) is 4.19. The highest BCUT2D eigenvalue weighted by Gasteiger charge is 2.37. The van der Waals surface area contributed by atoms with Crippen LogP contribution in [0, 0.1) is 5.92 Å². The van der Waals surface area contributed by atoms with Crippen molar-refractivity contribution in [2.75, 3.05) is 11.5 Å². The van der Waals surface area contributed by atoms with Crippen molar-refractivity contribution in [2.24, 2.45) is 5.92 Å². The maximum Gasteiger partial charge on any atom is 0.329 e. The van der Waals surface area contributed by atoms with Crippen molar-refractivity contribution in [1.82, 2.24) is 0 Å². The number of benzene rings is 2. The van der Waals surface area contributed by atoms with Crippen molar-refractivity contribution in [1.29, 1.82) is 0 Å². The molecule has 0 spiro atoms. The lowest BCUT2D eigenvalue weighted by molar-refractivity contribution is -0.146. The molecule has 0 saturated heterocycles. The standard InChI is InChI=1S/C20H20BrNO4S/c1-11(2)10-26-20(25)16(8-9-17(23)24)22-15-5-3-4-12-14(21)7-6-13(18(12)15)19(22)27/h3-7,11,16H,8-10H2,1-2H3,(H,23,24). The predicted molar refractivity (Wildman–Crippen MR) is 112 cm³/mol. The van der Waals surface area contributed by atoms with E-state index in [9.17, 15) is 9.59 Å². The van der Waals surface area contributed by atoms with Crippen LogP contribution in [0.2, 0.25) is 0 Å². The molecule has 2 aromatic rings. The maximum absolute atomic E-state index is 12.8. The number of nitrogens with zero attached hydrogens (tertiary/aromatic N) is 1. The SMILES string of the molecule is CC(C)COC(=O)C(CCC(=O)O)N1C(=S)c2ccc(Br)c3cccc1c23. The first-order chi connectivity index (χ1) is 12.8. The number of ether oxygens (including phenoxy) is 1. The molecule has 0 aliphatic carbocycles. The monoisotopic (exact) mass is 449 g/mol. The Labute approximate surface area is 171 Å². The van der Waals surface area contributed by atoms with Crippen LogP contribution in [-0.4, -0.2) is 34.7 Å². The number of carbonyl (C=O) groups is 2. The average Bonchev–Trinajstić information content (AvgIpc) is 2.90. The van der Waals surface area contributed by atoms with Crippen molar-refractivity contribution in [3.8, 4) is 0 Å². The number of carboxylic acid groups (broad SMARTS) is 1. The fourth-order valence-electron chi connectivity index (χ4n) is 3.24. The molecular formula is C20H20BrNO4S. The highest BCUT2D eigenvalue weighted by atomic mass is 79.9. The molecule has 0 bridgehead atoms. The minimum Gasteiger partial charge on any atom is -0.481 e. The fourth-order valence-corrected chi connectivity index (χ4v) is 4.10. The lowest BCUT2D eigenvalue weighted by Crippen LogP contribution is -2.44. The van der Waals surface area contributed by atoms with Crippen LogP contribution in [0.15, 0.2) is 34.8 Å². The molecule has 0 fully saturated rings. The topological polar surface area (TPSA) is 66.8 Å². The first-order valence-electron chi connectivity index (χ1n) is 8.74. The summed E-state index contributed by atoms with van der Waals surface area (Å²) in [6.07, 6.45) is -0.0193. The Bertz CT molecular complexity index is 928. The van der Waals surface area contributed by atoms with Gasteiger partial charge in [-0.1, -0.05) is 60.2 Å². The van der Waals surface area contributed by atoms with Gasteiger partial charge in [0, 0.05) is 21.8 Å². The summed E-state index contributed by atoms with van der Waals surface area (Å²) in [5.74, 6) is -1.22. The minimum atomic E-state index is -0.958. The zero-order chi connectivity index (χ0) is 19.7. The van der Waals surface area contributed by atoms with Crippen LogP contribution in [0.1, 0.15) is 32.3 Å². The van der Waals surface area contributed by atoms with E-state index in [-0.39, 0.29) is 25.4 Å². The van der Waals surface area contributed by atoms with Gasteiger partial charge in [-0.3, -0.25) is 4.79 Å². The lowest BCUT2D eigenvalue weighted by atomic mass is 10.1. The highest BCUT2D eigenvalue weighted by Crippen LogP contribution is 2.42. The zero-order valence-corrected chi connectivity index (χ0v) is 17.5. The molecule has 0 saturated carbocycles. The van der Waals surface area contributed by atoms with E-state index < -0.39 is 18.0 Å². The zero-order valence-electron chi connectivity index (χ0n) is 15.1. The molecule has 0 amide bonds. The van der Waals surface area contributed by atoms with Gasteiger partial charge in [0.1, 0.15) is 11.0 Å². The first-order valence-corrected chi connectivity index (χ1v) is 9.94. The van der Waals surface area contributed by atoms with Crippen LogP contribution in [0.3, 0.4) is 0 Å². The van der Waals surface area contributed by atoms with E-state index in [0.29, 0.717) is 4.99 Å². The molecule has 27 heavy (non-hydrogen) atoms. The molecule has 0 radical (unpaired) electrons. The maximum atomic E-state index is 12.8. The largest absolute Gasteiger partial charge is 0.481 e. The Morgan fingerprint density at radius 1 is 1.26 bits per heavy atom. The molecule has 1 N–H and O–H groups in total. The van der Waals surface area contributed by atoms with Crippen LogP contribution in [0.25, 0.3) is 10.8 Å². The van der Waals surface area contributed by atoms with Crippen LogP contribution in [0.5, 0.6) is 0 Å². The Hall–Kier alpha value is -1.99. The number of esters is 1. The van der Waals surface area contributed by atoms with E-state index in [0.717, 1.165) is 26.5 Å². The van der Waals surface area contributed by atoms with Crippen LogP contribution >= 0.6 is 28.1 Å². The number of carbonyl (C=O) groups excluding carboxylic acids is 1. The molecule has 1 heterocycles. The number of aliphatic carboxylic acids is 1. The minimum absolute atomic E-state index is 0.123. The molecule has 1 aliphatic heterocycles. The average molecular weight is 450 g/mol. The van der Waals surface area contributed by atoms with Crippen molar-refractivity contribution in [2.45, 2.75) is 32.7 Å². The van der Waals surface area contributed by atoms with E-state index in [4.69, 9.17) is 22.1 Å². The van der Waals surface area contributed by atoms with Crippen LogP contribution < -0.4 is 4.90 Å². The van der Waals surface area contributed by atoms with Crippen molar-refractivity contribution in [3.05, 3.63) is 40.4 Å². The summed E-state index contributed by atoms with van der Waals surface area (Å²) < 4.78 is 6.38. The van der Waals surface area contributed by atoms with E-state index >= 15 is 0 Å². The molecule has 2 aromatic carbocycles. The number of thiocarbonyl (C=S) groups is 1. The van der Waals surface area contributed by atoms with Gasteiger partial charge in [0.05, 0.1) is 12.3 Å². The first kappa shape index (κ1) is 19.8. The van der Waals surface area contributed by atoms with Crippen LogP contribution in [0.4, 0.5) is 5.69 Å². The van der Waals surface area contributed by atoms with Gasteiger partial charge in [-0.2, -0.15) is 0 Å². The molecule has 142 valence electrons. The number of rotatable bonds is 7. The van der Waals surface area contributed by atoms with E-state index in [1.54, 1.807) is 4.90 Å². The second kappa shape index (κ2) is 7.94. The lowest BCUT2D eigenvalue weighted by Gasteiger charge is -2.29. The number of hydrogen-bond donors (Lipinski definition) is 1. The van der Waals surface area contributed by atoms with Crippen molar-refractivity contribution >= 4 is 61.5 Å². The number of hydrogen-bond acceptors (Lipinski definition) is 4. The van der Waals surface area contributed by atoms with Gasteiger partial charge in [0.25, 0.3) is 0 Å². The normalized spacial score (nSPS) is 14.1. The van der Waals surface area contributed by atoms with Gasteiger partial charge in [-0.05, 0) is 29.9 Å². The van der Waals surface area contributed by atoms with Gasteiger partial charge in [-0.15, -0.1) is 0 Å². The molecule has 1 atom stereocenters. The number of anilines is 1. The quantitative estimate of drug-likeness (QED) is 0.494. The van der Waals surface area contributed by atoms with Gasteiger partial charge >= 0.3 is 11.9 Å². The predicted octanol–water partition coefficient (Wildman–Crippen LogP) is 4.53. The number of halogens is 1. The third-order valence-corrected chi connectivity index (χ3v) is 5.56. The molecule has 0 aromatic heterocycles. The third kappa shape index (κ3) is 3.84. The Balaban J connectivity index is 2.03. The highest BCUT2D eigenvalue weighted by molar-refractivity contribution is 9.10. The second-order valence-corrected chi connectivity index (χ2v) is 8.18. The Morgan fingerprint density at radius 2 is 2.00 bits per heavy atom. The second-order valence-electron chi connectivity index (χ2n) is 6.94. The number of carboxylic acids is 1. The van der Waals surface area contributed by atoms with E-state index in [2.05, 4.69) is 15.9 Å². The van der Waals surface area contributed by atoms with Gasteiger partial charge in [0.15, 0.2) is 0 Å². The summed E-state index contributed by atoms with van der Waals surface area (Å²) in [5, 5.41) is 11.1. The van der Waals surface area contributed by atoms with E-state index in [1.807, 2.05) is 44.2 Å². The van der Waals surface area contributed by atoms with E-state index in [1.165, 1.54) is 0 Å². The van der Waals surface area contributed by atoms with Gasteiger partial charge in [-0.25, -0.2) is 4.79 Å². The Kier molecular flexibility index (Phi) is 5.81. The molecule has 1 unspecified atom stereocenters. The van der Waals surface area contributed by atoms with Gasteiger partial charge in [0.2, 0.25) is 0 Å². The molecule has 1 aliphatic rings. The molecular weight excluding hydrogens is 430 g/mol. The van der Waals surface area contributed by atoms with Crippen LogP contribution in [-0.2, 0) is 14.3 Å². The third-order valence-electron chi connectivity index (χ3n) is 4.45. The van der Waals surface area contributed by atoms with Crippen molar-refractivity contribution < 1.29 is 19.4 Å². The van der Waals surface area contributed by atoms with Gasteiger partial charge < -0.3 is 14.7 Å². The van der Waals surface area contributed by atoms with Crippen molar-refractivity contribution in [3.63, 3.8) is 0 Å². The Morgan fingerprint density at radius 3 is 2.67 bits per heavy atom. The smallest absolute Gasteiger partial charge is 0.329 e. The summed E-state index contributed by atoms with van der Waals surface area (Å²) in [7, 11) is 0.